The number of aromatic nitrogens is 4. The monoisotopic (exact) mass is 529 g/mol. The third-order valence-corrected chi connectivity index (χ3v) is 6.20. The Morgan fingerprint density at radius 3 is 2.76 bits per heavy atom. The quantitative estimate of drug-likeness (QED) is 0.374. The third kappa shape index (κ3) is 6.28. The van der Waals surface area contributed by atoms with Crippen molar-refractivity contribution >= 4 is 40.6 Å². The molecule has 4 rings (SSSR count). The number of hydrogen-bond donors (Lipinski definition) is 3. The molecule has 0 aliphatic carbocycles. The number of amides is 1. The van der Waals surface area contributed by atoms with E-state index in [2.05, 4.69) is 25.2 Å². The summed E-state index contributed by atoms with van der Waals surface area (Å²) in [5.41, 5.74) is 2.43. The number of carbonyl (C=O) groups is 2. The van der Waals surface area contributed by atoms with Crippen LogP contribution in [-0.4, -0.2) is 79.4 Å². The van der Waals surface area contributed by atoms with Crippen molar-refractivity contribution in [1.82, 2.24) is 29.7 Å². The van der Waals surface area contributed by atoms with E-state index in [9.17, 15) is 14.7 Å². The van der Waals surface area contributed by atoms with E-state index in [4.69, 9.17) is 21.3 Å². The smallest absolute Gasteiger partial charge is 0.411 e. The highest BCUT2D eigenvalue weighted by molar-refractivity contribution is 6.31. The number of nitrogens with one attached hydrogen (secondary N) is 2. The maximum Gasteiger partial charge on any atom is 0.411 e. The molecule has 3 aromatic rings. The Labute approximate surface area is 220 Å². The summed E-state index contributed by atoms with van der Waals surface area (Å²) < 4.78 is 7.49. The number of hydrogen-bond acceptors (Lipinski definition) is 8. The van der Waals surface area contributed by atoms with Crippen molar-refractivity contribution in [3.63, 3.8) is 0 Å². The number of aryl methyl sites for hydroxylation is 1. The van der Waals surface area contributed by atoms with Crippen molar-refractivity contribution in [2.24, 2.45) is 0 Å². The van der Waals surface area contributed by atoms with Crippen LogP contribution in [0, 0.1) is 0 Å². The average Bonchev–Trinajstić information content (AvgIpc) is 3.42. The fourth-order valence-electron chi connectivity index (χ4n) is 4.42. The molecule has 0 saturated carbocycles. The molecule has 11 nitrogen and oxygen atoms in total. The SMILES string of the molecule is CNCCCn1cnc2cc(Cl)cc(-c3ccnc(N[C@H]4C[C@@H](C(=O)O)N(C(=O)OC(C)(C)C)C4)n3)c21. The van der Waals surface area contributed by atoms with Crippen molar-refractivity contribution in [1.29, 1.82) is 0 Å². The van der Waals surface area contributed by atoms with E-state index in [-0.39, 0.29) is 19.0 Å². The molecule has 1 aliphatic heterocycles. The molecule has 198 valence electrons. The van der Waals surface area contributed by atoms with Crippen LogP contribution in [0.1, 0.15) is 33.6 Å². The number of anilines is 1. The van der Waals surface area contributed by atoms with Gasteiger partial charge in [-0.3, -0.25) is 4.90 Å². The number of benzene rings is 1. The summed E-state index contributed by atoms with van der Waals surface area (Å²) in [4.78, 5) is 39.3. The van der Waals surface area contributed by atoms with Crippen LogP contribution in [0.5, 0.6) is 0 Å². The molecule has 2 aromatic heterocycles. The number of likely N-dealkylation sites (tertiary alicyclic amines) is 1. The first-order valence-corrected chi connectivity index (χ1v) is 12.5. The van der Waals surface area contributed by atoms with Crippen molar-refractivity contribution in [3.8, 4) is 11.3 Å². The third-order valence-electron chi connectivity index (χ3n) is 5.98. The summed E-state index contributed by atoms with van der Waals surface area (Å²) in [6, 6.07) is 4.10. The van der Waals surface area contributed by atoms with Crippen LogP contribution in [0.25, 0.3) is 22.3 Å². The molecule has 0 unspecified atom stereocenters. The summed E-state index contributed by atoms with van der Waals surface area (Å²) in [5.74, 6) is -0.760. The van der Waals surface area contributed by atoms with E-state index < -0.39 is 23.7 Å². The number of nitrogens with zero attached hydrogens (tertiary/aromatic N) is 5. The van der Waals surface area contributed by atoms with Gasteiger partial charge in [-0.15, -0.1) is 0 Å². The highest BCUT2D eigenvalue weighted by Crippen LogP contribution is 2.31. The maximum absolute atomic E-state index is 12.6. The maximum atomic E-state index is 12.6. The van der Waals surface area contributed by atoms with Gasteiger partial charge in [-0.05, 0) is 59.0 Å². The Morgan fingerprint density at radius 1 is 1.27 bits per heavy atom. The van der Waals surface area contributed by atoms with Gasteiger partial charge in [0.2, 0.25) is 5.95 Å². The van der Waals surface area contributed by atoms with Crippen LogP contribution < -0.4 is 10.6 Å². The summed E-state index contributed by atoms with van der Waals surface area (Å²) >= 11 is 6.40. The van der Waals surface area contributed by atoms with Gasteiger partial charge >= 0.3 is 12.1 Å². The molecule has 3 N–H and O–H groups in total. The first-order chi connectivity index (χ1) is 17.6. The Hall–Kier alpha value is -3.44. The molecule has 12 heteroatoms. The number of aliphatic carboxylic acids is 1. The van der Waals surface area contributed by atoms with Gasteiger partial charge in [-0.25, -0.2) is 24.5 Å². The molecule has 1 amide bonds. The predicted molar refractivity (Wildman–Crippen MR) is 141 cm³/mol. The van der Waals surface area contributed by atoms with Gasteiger partial charge in [0.25, 0.3) is 0 Å². The van der Waals surface area contributed by atoms with E-state index in [0.717, 1.165) is 36.1 Å². The van der Waals surface area contributed by atoms with Gasteiger partial charge in [0, 0.05) is 42.3 Å². The standard InChI is InChI=1S/C25H32ClN7O4/c1-25(2,3)37-24(36)33-13-16(12-20(33)22(34)35)30-23-28-8-6-18(31-23)17-10-15(26)11-19-21(17)32(14-29-19)9-5-7-27-4/h6,8,10-11,14,16,20,27H,5,7,9,12-13H2,1-4H3,(H,34,35)(H,28,30,31)/t16-,20-/m0/s1. The highest BCUT2D eigenvalue weighted by atomic mass is 35.5. The second kappa shape index (κ2) is 10.9. The minimum absolute atomic E-state index is 0.152. The van der Waals surface area contributed by atoms with Gasteiger partial charge in [0.15, 0.2) is 0 Å². The second-order valence-corrected chi connectivity index (χ2v) is 10.5. The number of halogens is 1. The second-order valence-electron chi connectivity index (χ2n) is 10.0. The highest BCUT2D eigenvalue weighted by Gasteiger charge is 2.41. The largest absolute Gasteiger partial charge is 0.480 e. The lowest BCUT2D eigenvalue weighted by Gasteiger charge is -2.26. The van der Waals surface area contributed by atoms with Gasteiger partial charge < -0.3 is 25.0 Å². The molecule has 1 aromatic carbocycles. The first-order valence-electron chi connectivity index (χ1n) is 12.2. The number of carbonyl (C=O) groups excluding carboxylic acids is 1. The molecule has 0 bridgehead atoms. The summed E-state index contributed by atoms with van der Waals surface area (Å²) in [6.07, 6.45) is 3.90. The Balaban J connectivity index is 1.58. The van der Waals surface area contributed by atoms with Crippen LogP contribution >= 0.6 is 11.6 Å². The fourth-order valence-corrected chi connectivity index (χ4v) is 4.64. The fraction of sp³-hybridized carbons (Fsp3) is 0.480. The van der Waals surface area contributed by atoms with Crippen LogP contribution in [0.15, 0.2) is 30.7 Å². The molecule has 0 radical (unpaired) electrons. The van der Waals surface area contributed by atoms with E-state index in [1.54, 1.807) is 39.4 Å². The number of ether oxygens (including phenoxy) is 1. The Kier molecular flexibility index (Phi) is 7.84. The van der Waals surface area contributed by atoms with E-state index >= 15 is 0 Å². The zero-order valence-corrected chi connectivity index (χ0v) is 22.1. The zero-order valence-electron chi connectivity index (χ0n) is 21.4. The van der Waals surface area contributed by atoms with Crippen LogP contribution in [-0.2, 0) is 16.1 Å². The van der Waals surface area contributed by atoms with Gasteiger partial charge in [0.05, 0.1) is 23.1 Å². The lowest BCUT2D eigenvalue weighted by molar-refractivity contribution is -0.142. The van der Waals surface area contributed by atoms with E-state index in [1.165, 1.54) is 4.90 Å². The molecule has 1 saturated heterocycles. The zero-order chi connectivity index (χ0) is 26.7. The van der Waals surface area contributed by atoms with Crippen molar-refractivity contribution in [3.05, 3.63) is 35.7 Å². The Bertz CT molecular complexity index is 1290. The lowest BCUT2D eigenvalue weighted by Crippen LogP contribution is -2.43. The number of fused-ring (bicyclic) bond motifs is 1. The van der Waals surface area contributed by atoms with Crippen molar-refractivity contribution in [2.45, 2.75) is 57.8 Å². The molecule has 3 heterocycles. The van der Waals surface area contributed by atoms with Gasteiger partial charge in [0.1, 0.15) is 11.6 Å². The average molecular weight is 530 g/mol. The molecular formula is C25H32ClN7O4. The number of imidazole rings is 1. The summed E-state index contributed by atoms with van der Waals surface area (Å²) in [6.45, 7) is 7.03. The number of carboxylic acid groups (broad SMARTS) is 1. The topological polar surface area (TPSA) is 134 Å². The van der Waals surface area contributed by atoms with Gasteiger partial charge in [-0.2, -0.15) is 0 Å². The predicted octanol–water partition coefficient (Wildman–Crippen LogP) is 3.63. The molecule has 1 aliphatic rings. The molecule has 37 heavy (non-hydrogen) atoms. The summed E-state index contributed by atoms with van der Waals surface area (Å²) in [7, 11) is 1.92. The number of rotatable bonds is 8. The first kappa shape index (κ1) is 26.6. The number of carboxylic acids is 1. The molecular weight excluding hydrogens is 498 g/mol. The van der Waals surface area contributed by atoms with Crippen molar-refractivity contribution < 1.29 is 19.4 Å². The summed E-state index contributed by atoms with van der Waals surface area (Å²) in [5, 5.41) is 16.6. The van der Waals surface area contributed by atoms with Gasteiger partial charge in [-0.1, -0.05) is 11.6 Å². The Morgan fingerprint density at radius 2 is 2.05 bits per heavy atom. The van der Waals surface area contributed by atoms with Crippen LogP contribution in [0.3, 0.4) is 0 Å². The van der Waals surface area contributed by atoms with Crippen LogP contribution in [0.2, 0.25) is 5.02 Å². The normalized spacial score (nSPS) is 17.8. The minimum Gasteiger partial charge on any atom is -0.480 e. The van der Waals surface area contributed by atoms with E-state index in [1.807, 2.05) is 19.2 Å². The van der Waals surface area contributed by atoms with Crippen LogP contribution in [0.4, 0.5) is 10.7 Å². The molecule has 0 spiro atoms. The minimum atomic E-state index is -1.09. The van der Waals surface area contributed by atoms with Crippen molar-refractivity contribution in [2.75, 3.05) is 25.5 Å². The molecule has 2 atom stereocenters. The van der Waals surface area contributed by atoms with E-state index in [0.29, 0.717) is 16.7 Å². The molecule has 1 fully saturated rings. The lowest BCUT2D eigenvalue weighted by atomic mass is 10.1.